The first-order valence-electron chi connectivity index (χ1n) is 7.87. The number of aromatic nitrogens is 2. The Morgan fingerprint density at radius 1 is 1.20 bits per heavy atom. The number of pyridine rings is 1. The second-order valence-electron chi connectivity index (χ2n) is 5.80. The van der Waals surface area contributed by atoms with Crippen LogP contribution in [0.2, 0.25) is 0 Å². The van der Waals surface area contributed by atoms with Gasteiger partial charge in [0.25, 0.3) is 0 Å². The fraction of sp³-hybridized carbons (Fsp3) is 0.222. The molecule has 0 spiro atoms. The Morgan fingerprint density at radius 3 is 2.80 bits per heavy atom. The molecule has 1 aromatic carbocycles. The normalized spacial score (nSPS) is 11.6. The maximum atomic E-state index is 12.5. The summed E-state index contributed by atoms with van der Waals surface area (Å²) in [6, 6.07) is 9.25. The molecular formula is C18H19N3O2S2. The van der Waals surface area contributed by atoms with Crippen LogP contribution in [-0.2, 0) is 16.4 Å². The van der Waals surface area contributed by atoms with Crippen LogP contribution in [0.4, 0.5) is 0 Å². The lowest BCUT2D eigenvalue weighted by Crippen LogP contribution is -2.26. The molecule has 0 saturated carbocycles. The van der Waals surface area contributed by atoms with Gasteiger partial charge in [-0.1, -0.05) is 12.1 Å². The summed E-state index contributed by atoms with van der Waals surface area (Å²) in [6.07, 6.45) is 4.03. The Balaban J connectivity index is 1.65. The molecule has 1 N–H and O–H groups in total. The highest BCUT2D eigenvalue weighted by Crippen LogP contribution is 2.23. The number of nitrogens with zero attached hydrogens (tertiary/aromatic N) is 2. The molecule has 0 atom stereocenters. The summed E-state index contributed by atoms with van der Waals surface area (Å²) >= 11 is 1.53. The number of benzene rings is 1. The summed E-state index contributed by atoms with van der Waals surface area (Å²) < 4.78 is 27.6. The number of hydrogen-bond acceptors (Lipinski definition) is 5. The highest BCUT2D eigenvalue weighted by Gasteiger charge is 2.16. The molecule has 0 unspecified atom stereocenters. The van der Waals surface area contributed by atoms with Crippen molar-refractivity contribution in [3.8, 4) is 10.6 Å². The van der Waals surface area contributed by atoms with Gasteiger partial charge in [0, 0.05) is 36.3 Å². The maximum absolute atomic E-state index is 12.5. The highest BCUT2D eigenvalue weighted by molar-refractivity contribution is 7.89. The topological polar surface area (TPSA) is 72.0 Å². The second kappa shape index (κ2) is 7.43. The van der Waals surface area contributed by atoms with Crippen molar-refractivity contribution in [3.63, 3.8) is 0 Å². The summed E-state index contributed by atoms with van der Waals surface area (Å²) in [5.74, 6) is 0. The van der Waals surface area contributed by atoms with Crippen LogP contribution in [0.5, 0.6) is 0 Å². The van der Waals surface area contributed by atoms with E-state index in [-0.39, 0.29) is 0 Å². The van der Waals surface area contributed by atoms with E-state index in [1.165, 1.54) is 11.3 Å². The highest BCUT2D eigenvalue weighted by atomic mass is 32.2. The van der Waals surface area contributed by atoms with Gasteiger partial charge in [-0.2, -0.15) is 0 Å². The first-order chi connectivity index (χ1) is 12.0. The number of thiazole rings is 1. The minimum atomic E-state index is -3.51. The summed E-state index contributed by atoms with van der Waals surface area (Å²) in [7, 11) is -3.51. The van der Waals surface area contributed by atoms with Gasteiger partial charge in [-0.25, -0.2) is 18.1 Å². The Labute approximate surface area is 151 Å². The van der Waals surface area contributed by atoms with Crippen molar-refractivity contribution in [3.05, 3.63) is 64.9 Å². The van der Waals surface area contributed by atoms with Crippen LogP contribution in [0.15, 0.2) is 53.0 Å². The molecule has 2 heterocycles. The molecule has 0 aliphatic carbocycles. The fourth-order valence-electron chi connectivity index (χ4n) is 2.43. The Kier molecular flexibility index (Phi) is 5.27. The first kappa shape index (κ1) is 17.7. The van der Waals surface area contributed by atoms with Crippen molar-refractivity contribution in [1.29, 1.82) is 0 Å². The van der Waals surface area contributed by atoms with Crippen molar-refractivity contribution < 1.29 is 8.42 Å². The van der Waals surface area contributed by atoms with Gasteiger partial charge >= 0.3 is 0 Å². The van der Waals surface area contributed by atoms with Crippen LogP contribution in [0.3, 0.4) is 0 Å². The second-order valence-corrected chi connectivity index (χ2v) is 8.40. The Bertz CT molecular complexity index is 967. The molecule has 7 heteroatoms. The number of rotatable bonds is 6. The molecule has 0 amide bonds. The average molecular weight is 374 g/mol. The van der Waals surface area contributed by atoms with Crippen molar-refractivity contribution >= 4 is 21.4 Å². The molecule has 3 rings (SSSR count). The van der Waals surface area contributed by atoms with Crippen molar-refractivity contribution in [2.45, 2.75) is 25.2 Å². The van der Waals surface area contributed by atoms with Gasteiger partial charge in [0.2, 0.25) is 10.0 Å². The van der Waals surface area contributed by atoms with Gasteiger partial charge in [-0.3, -0.25) is 4.98 Å². The van der Waals surface area contributed by atoms with Crippen LogP contribution in [-0.4, -0.2) is 24.9 Å². The minimum absolute atomic E-state index is 0.311. The van der Waals surface area contributed by atoms with E-state index in [9.17, 15) is 8.42 Å². The molecule has 0 saturated heterocycles. The van der Waals surface area contributed by atoms with E-state index >= 15 is 0 Å². The summed E-state index contributed by atoms with van der Waals surface area (Å²) in [4.78, 5) is 8.97. The lowest BCUT2D eigenvalue weighted by Gasteiger charge is -2.09. The first-order valence-corrected chi connectivity index (χ1v) is 10.2. The summed E-state index contributed by atoms with van der Waals surface area (Å²) in [5, 5.41) is 2.84. The van der Waals surface area contributed by atoms with Crippen LogP contribution < -0.4 is 4.72 Å². The van der Waals surface area contributed by atoms with Gasteiger partial charge in [0.05, 0.1) is 10.6 Å². The molecule has 0 fully saturated rings. The number of sulfonamides is 1. The molecule has 0 aliphatic rings. The zero-order chi connectivity index (χ0) is 17.9. The molecule has 0 bridgehead atoms. The maximum Gasteiger partial charge on any atom is 0.240 e. The van der Waals surface area contributed by atoms with Crippen LogP contribution in [0, 0.1) is 13.8 Å². The van der Waals surface area contributed by atoms with Gasteiger partial charge in [0.15, 0.2) is 0 Å². The number of aryl methyl sites for hydroxylation is 2. The van der Waals surface area contributed by atoms with Crippen molar-refractivity contribution in [2.24, 2.45) is 0 Å². The van der Waals surface area contributed by atoms with E-state index in [1.54, 1.807) is 25.4 Å². The molecule has 3 aromatic rings. The third-order valence-corrected chi connectivity index (χ3v) is 6.31. The van der Waals surface area contributed by atoms with Gasteiger partial charge in [0.1, 0.15) is 5.01 Å². The van der Waals surface area contributed by atoms with E-state index in [0.717, 1.165) is 27.4 Å². The standard InChI is InChI=1S/C18H19N3O2S2/c1-13-5-6-14(2)17(10-13)25(22,23)20-9-7-16-12-24-18(21-16)15-4-3-8-19-11-15/h3-6,8,10-12,20H,7,9H2,1-2H3. The van der Waals surface area contributed by atoms with Crippen LogP contribution >= 0.6 is 11.3 Å². The molecule has 2 aromatic heterocycles. The lowest BCUT2D eigenvalue weighted by atomic mass is 10.2. The largest absolute Gasteiger partial charge is 0.264 e. The Morgan fingerprint density at radius 2 is 2.04 bits per heavy atom. The van der Waals surface area contributed by atoms with E-state index < -0.39 is 10.0 Å². The van der Waals surface area contributed by atoms with Crippen LogP contribution in [0.25, 0.3) is 10.6 Å². The zero-order valence-electron chi connectivity index (χ0n) is 14.1. The predicted octanol–water partition coefficient (Wildman–Crippen LogP) is 3.34. The third kappa shape index (κ3) is 4.31. The molecule has 0 aliphatic heterocycles. The number of nitrogens with one attached hydrogen (secondary N) is 1. The van der Waals surface area contributed by atoms with Gasteiger partial charge < -0.3 is 0 Å². The lowest BCUT2D eigenvalue weighted by molar-refractivity contribution is 0.580. The number of hydrogen-bond donors (Lipinski definition) is 1. The molecular weight excluding hydrogens is 354 g/mol. The van der Waals surface area contributed by atoms with Crippen molar-refractivity contribution in [1.82, 2.24) is 14.7 Å². The quantitative estimate of drug-likeness (QED) is 0.719. The van der Waals surface area contributed by atoms with E-state index in [2.05, 4.69) is 14.7 Å². The van der Waals surface area contributed by atoms with E-state index in [0.29, 0.717) is 17.9 Å². The predicted molar refractivity (Wildman–Crippen MR) is 100 cm³/mol. The zero-order valence-corrected chi connectivity index (χ0v) is 15.7. The monoisotopic (exact) mass is 373 g/mol. The molecule has 130 valence electrons. The SMILES string of the molecule is Cc1ccc(C)c(S(=O)(=O)NCCc2csc(-c3cccnc3)n2)c1. The third-order valence-electron chi connectivity index (χ3n) is 3.77. The molecule has 0 radical (unpaired) electrons. The summed E-state index contributed by atoms with van der Waals surface area (Å²) in [6.45, 7) is 3.99. The minimum Gasteiger partial charge on any atom is -0.264 e. The Hall–Kier alpha value is -2.09. The van der Waals surface area contributed by atoms with Gasteiger partial charge in [-0.05, 0) is 43.2 Å². The van der Waals surface area contributed by atoms with E-state index in [4.69, 9.17) is 0 Å². The average Bonchev–Trinajstić information content (AvgIpc) is 3.06. The van der Waals surface area contributed by atoms with Gasteiger partial charge in [-0.15, -0.1) is 11.3 Å². The molecule has 5 nitrogen and oxygen atoms in total. The summed E-state index contributed by atoms with van der Waals surface area (Å²) in [5.41, 5.74) is 3.50. The van der Waals surface area contributed by atoms with E-state index in [1.807, 2.05) is 36.6 Å². The van der Waals surface area contributed by atoms with Crippen molar-refractivity contribution in [2.75, 3.05) is 6.54 Å². The van der Waals surface area contributed by atoms with Crippen LogP contribution in [0.1, 0.15) is 16.8 Å². The smallest absolute Gasteiger partial charge is 0.240 e. The molecule has 25 heavy (non-hydrogen) atoms. The fourth-order valence-corrected chi connectivity index (χ4v) is 4.64.